The van der Waals surface area contributed by atoms with Crippen molar-refractivity contribution in [2.45, 2.75) is 25.1 Å². The number of rotatable bonds is 8. The largest absolute Gasteiger partial charge is 0.481 e. The van der Waals surface area contributed by atoms with Gasteiger partial charge in [-0.15, -0.1) is 0 Å². The predicted octanol–water partition coefficient (Wildman–Crippen LogP) is 4.87. The van der Waals surface area contributed by atoms with Crippen molar-refractivity contribution in [3.05, 3.63) is 59.1 Å². The zero-order valence-corrected chi connectivity index (χ0v) is 15.3. The van der Waals surface area contributed by atoms with Crippen LogP contribution in [0.2, 0.25) is 5.02 Å². The third kappa shape index (κ3) is 6.67. The molecule has 8 heteroatoms. The zero-order chi connectivity index (χ0) is 19.9. The Morgan fingerprint density at radius 2 is 1.89 bits per heavy atom. The predicted molar refractivity (Wildman–Crippen MR) is 97.2 cm³/mol. The van der Waals surface area contributed by atoms with Crippen LogP contribution in [0.3, 0.4) is 0 Å². The summed E-state index contributed by atoms with van der Waals surface area (Å²) in [7, 11) is 1.29. The second-order valence-corrected chi connectivity index (χ2v) is 6.15. The first-order valence-corrected chi connectivity index (χ1v) is 8.55. The van der Waals surface area contributed by atoms with Crippen LogP contribution in [0, 0.1) is 0 Å². The molecule has 0 spiro atoms. The van der Waals surface area contributed by atoms with Crippen LogP contribution >= 0.6 is 11.6 Å². The zero-order valence-electron chi connectivity index (χ0n) is 14.6. The molecule has 1 unspecified atom stereocenters. The van der Waals surface area contributed by atoms with Crippen molar-refractivity contribution >= 4 is 23.3 Å². The van der Waals surface area contributed by atoms with E-state index in [1.54, 1.807) is 36.4 Å². The van der Waals surface area contributed by atoms with Crippen molar-refractivity contribution in [2.75, 3.05) is 19.0 Å². The standard InChI is InChI=1S/C19H19ClF3NO3/c1-26-18(25)12-13-7-8-16(15(20)11-13)24-10-9-17(19(21,22)23)27-14-5-3-2-4-6-14/h2-8,11,17,24H,9-10,12H2,1H3. The van der Waals surface area contributed by atoms with Crippen molar-refractivity contribution in [2.24, 2.45) is 0 Å². The van der Waals surface area contributed by atoms with Gasteiger partial charge in [-0.05, 0) is 29.8 Å². The number of carbonyl (C=O) groups excluding carboxylic acids is 1. The summed E-state index contributed by atoms with van der Waals surface area (Å²) in [6, 6.07) is 12.7. The molecule has 1 atom stereocenters. The first kappa shape index (κ1) is 20.9. The highest BCUT2D eigenvalue weighted by molar-refractivity contribution is 6.33. The van der Waals surface area contributed by atoms with Crippen LogP contribution in [0.1, 0.15) is 12.0 Å². The number of methoxy groups -OCH3 is 1. The molecule has 0 amide bonds. The third-order valence-electron chi connectivity index (χ3n) is 3.72. The van der Waals surface area contributed by atoms with E-state index >= 15 is 0 Å². The minimum absolute atomic E-state index is 0.00702. The molecule has 0 saturated carbocycles. The first-order chi connectivity index (χ1) is 12.8. The van der Waals surface area contributed by atoms with Crippen molar-refractivity contribution in [1.29, 1.82) is 0 Å². The Bertz CT molecular complexity index is 754. The summed E-state index contributed by atoms with van der Waals surface area (Å²) < 4.78 is 49.2. The fourth-order valence-electron chi connectivity index (χ4n) is 2.34. The number of halogens is 4. The molecule has 2 aromatic carbocycles. The van der Waals surface area contributed by atoms with Crippen LogP contribution in [0.5, 0.6) is 5.75 Å². The van der Waals surface area contributed by atoms with Gasteiger partial charge in [0.2, 0.25) is 0 Å². The van der Waals surface area contributed by atoms with Gasteiger partial charge in [-0.2, -0.15) is 13.2 Å². The number of alkyl halides is 3. The fourth-order valence-corrected chi connectivity index (χ4v) is 2.61. The number of hydrogen-bond acceptors (Lipinski definition) is 4. The van der Waals surface area contributed by atoms with Crippen LogP contribution in [-0.4, -0.2) is 31.9 Å². The van der Waals surface area contributed by atoms with Crippen LogP contribution in [0.4, 0.5) is 18.9 Å². The van der Waals surface area contributed by atoms with E-state index in [-0.39, 0.29) is 25.1 Å². The molecule has 0 aromatic heterocycles. The minimum Gasteiger partial charge on any atom is -0.481 e. The molecule has 27 heavy (non-hydrogen) atoms. The maximum atomic E-state index is 13.2. The van der Waals surface area contributed by atoms with E-state index in [9.17, 15) is 18.0 Å². The fraction of sp³-hybridized carbons (Fsp3) is 0.316. The normalized spacial score (nSPS) is 12.3. The minimum atomic E-state index is -4.49. The molecule has 0 aliphatic rings. The van der Waals surface area contributed by atoms with Gasteiger partial charge >= 0.3 is 12.1 Å². The second-order valence-electron chi connectivity index (χ2n) is 5.74. The molecule has 0 saturated heterocycles. The lowest BCUT2D eigenvalue weighted by Crippen LogP contribution is -2.36. The van der Waals surface area contributed by atoms with E-state index in [0.29, 0.717) is 16.3 Å². The summed E-state index contributed by atoms with van der Waals surface area (Å²) in [4.78, 5) is 11.3. The topological polar surface area (TPSA) is 47.6 Å². The summed E-state index contributed by atoms with van der Waals surface area (Å²) in [5, 5.41) is 3.18. The van der Waals surface area contributed by atoms with Gasteiger partial charge in [-0.1, -0.05) is 35.9 Å². The quantitative estimate of drug-likeness (QED) is 0.641. The average Bonchev–Trinajstić information content (AvgIpc) is 2.62. The smallest absolute Gasteiger partial charge is 0.425 e. The molecule has 0 fully saturated rings. The Balaban J connectivity index is 1.95. The molecule has 2 rings (SSSR count). The molecular formula is C19H19ClF3NO3. The Hall–Kier alpha value is -2.41. The Kier molecular flexibility index (Phi) is 7.36. The molecule has 4 nitrogen and oxygen atoms in total. The monoisotopic (exact) mass is 401 g/mol. The van der Waals surface area contributed by atoms with Crippen LogP contribution in [0.25, 0.3) is 0 Å². The maximum Gasteiger partial charge on any atom is 0.425 e. The van der Waals surface area contributed by atoms with Crippen molar-refractivity contribution < 1.29 is 27.4 Å². The highest BCUT2D eigenvalue weighted by atomic mass is 35.5. The highest BCUT2D eigenvalue weighted by Gasteiger charge is 2.41. The SMILES string of the molecule is COC(=O)Cc1ccc(NCCC(Oc2ccccc2)C(F)(F)F)c(Cl)c1. The van der Waals surface area contributed by atoms with Gasteiger partial charge in [0.25, 0.3) is 0 Å². The Labute approximate surface area is 160 Å². The molecule has 0 bridgehead atoms. The lowest BCUT2D eigenvalue weighted by atomic mass is 10.1. The number of esters is 1. The van der Waals surface area contributed by atoms with Gasteiger partial charge in [0.05, 0.1) is 24.2 Å². The molecule has 2 aromatic rings. The van der Waals surface area contributed by atoms with Crippen LogP contribution in [0.15, 0.2) is 48.5 Å². The molecular weight excluding hydrogens is 383 g/mol. The molecule has 0 heterocycles. The summed E-state index contributed by atoms with van der Waals surface area (Å²) in [5.41, 5.74) is 1.13. The summed E-state index contributed by atoms with van der Waals surface area (Å²) in [5.74, 6) is -0.247. The highest BCUT2D eigenvalue weighted by Crippen LogP contribution is 2.28. The van der Waals surface area contributed by atoms with Gasteiger partial charge in [0.1, 0.15) is 5.75 Å². The number of carbonyl (C=O) groups is 1. The van der Waals surface area contributed by atoms with E-state index < -0.39 is 18.2 Å². The van der Waals surface area contributed by atoms with E-state index in [1.807, 2.05) is 0 Å². The summed E-state index contributed by atoms with van der Waals surface area (Å²) >= 11 is 6.12. The average molecular weight is 402 g/mol. The van der Waals surface area contributed by atoms with Crippen molar-refractivity contribution in [1.82, 2.24) is 0 Å². The van der Waals surface area contributed by atoms with Gasteiger partial charge in [0.15, 0.2) is 6.10 Å². The lowest BCUT2D eigenvalue weighted by Gasteiger charge is -2.22. The number of ether oxygens (including phenoxy) is 2. The van der Waals surface area contributed by atoms with Gasteiger partial charge < -0.3 is 14.8 Å². The number of anilines is 1. The molecule has 146 valence electrons. The summed E-state index contributed by atoms with van der Waals surface area (Å²) in [6.07, 6.45) is -6.66. The number of hydrogen-bond donors (Lipinski definition) is 1. The number of nitrogens with one attached hydrogen (secondary N) is 1. The van der Waals surface area contributed by atoms with Gasteiger partial charge in [-0.25, -0.2) is 0 Å². The Morgan fingerprint density at radius 1 is 1.19 bits per heavy atom. The van der Waals surface area contributed by atoms with E-state index in [4.69, 9.17) is 16.3 Å². The first-order valence-electron chi connectivity index (χ1n) is 8.17. The summed E-state index contributed by atoms with van der Waals surface area (Å²) in [6.45, 7) is 0.00702. The van der Waals surface area contributed by atoms with Crippen LogP contribution < -0.4 is 10.1 Å². The van der Waals surface area contributed by atoms with Crippen molar-refractivity contribution in [3.63, 3.8) is 0 Å². The third-order valence-corrected chi connectivity index (χ3v) is 4.03. The Morgan fingerprint density at radius 3 is 2.48 bits per heavy atom. The van der Waals surface area contributed by atoms with Crippen molar-refractivity contribution in [3.8, 4) is 5.75 Å². The number of benzene rings is 2. The molecule has 0 radical (unpaired) electrons. The van der Waals surface area contributed by atoms with E-state index in [0.717, 1.165) is 0 Å². The lowest BCUT2D eigenvalue weighted by molar-refractivity contribution is -0.195. The van der Waals surface area contributed by atoms with E-state index in [1.165, 1.54) is 19.2 Å². The second kappa shape index (κ2) is 9.50. The van der Waals surface area contributed by atoms with Crippen LogP contribution in [-0.2, 0) is 16.0 Å². The van der Waals surface area contributed by atoms with Gasteiger partial charge in [-0.3, -0.25) is 4.79 Å². The maximum absolute atomic E-state index is 13.2. The van der Waals surface area contributed by atoms with Gasteiger partial charge in [0, 0.05) is 13.0 Å². The molecule has 0 aliphatic carbocycles. The van der Waals surface area contributed by atoms with E-state index in [2.05, 4.69) is 10.1 Å². The number of para-hydroxylation sites is 1. The molecule has 0 aliphatic heterocycles. The molecule has 1 N–H and O–H groups in total.